The third-order valence-electron chi connectivity index (χ3n) is 4.45. The Bertz CT molecular complexity index is 722. The Labute approximate surface area is 148 Å². The van der Waals surface area contributed by atoms with Gasteiger partial charge in [-0.2, -0.15) is 0 Å². The summed E-state index contributed by atoms with van der Waals surface area (Å²) in [6, 6.07) is 13.6. The molecule has 1 heterocycles. The minimum absolute atomic E-state index is 0.0829. The molecule has 1 saturated heterocycles. The monoisotopic (exact) mass is 340 g/mol. The van der Waals surface area contributed by atoms with Crippen LogP contribution in [0.15, 0.2) is 42.5 Å². The molecule has 0 aliphatic carbocycles. The van der Waals surface area contributed by atoms with Crippen LogP contribution in [0, 0.1) is 0 Å². The fraction of sp³-hybridized carbons (Fsp3) is 0.350. The minimum atomic E-state index is -0.0829. The van der Waals surface area contributed by atoms with E-state index < -0.39 is 0 Å². The van der Waals surface area contributed by atoms with Gasteiger partial charge in [0.05, 0.1) is 26.3 Å². The lowest BCUT2D eigenvalue weighted by molar-refractivity contribution is -0.115. The second-order valence-corrected chi connectivity index (χ2v) is 6.15. The van der Waals surface area contributed by atoms with E-state index in [0.717, 1.165) is 18.7 Å². The number of amides is 1. The molecule has 25 heavy (non-hydrogen) atoms. The zero-order chi connectivity index (χ0) is 17.6. The molecular formula is C20H24N2O3. The van der Waals surface area contributed by atoms with Crippen LogP contribution in [0.25, 0.3) is 0 Å². The van der Waals surface area contributed by atoms with Gasteiger partial charge >= 0.3 is 0 Å². The molecule has 0 aromatic heterocycles. The van der Waals surface area contributed by atoms with E-state index in [0.29, 0.717) is 23.6 Å². The maximum atomic E-state index is 12.4. The lowest BCUT2D eigenvalue weighted by Crippen LogP contribution is -2.18. The number of methoxy groups -OCH3 is 2. The number of ether oxygens (including phenoxy) is 2. The van der Waals surface area contributed by atoms with E-state index in [2.05, 4.69) is 22.3 Å². The van der Waals surface area contributed by atoms with Crippen LogP contribution in [0.5, 0.6) is 11.5 Å². The molecule has 1 fully saturated rings. The number of hydrogen-bond donors (Lipinski definition) is 1. The van der Waals surface area contributed by atoms with E-state index in [4.69, 9.17) is 9.47 Å². The van der Waals surface area contributed by atoms with Crippen molar-refractivity contribution in [2.45, 2.75) is 19.3 Å². The van der Waals surface area contributed by atoms with Gasteiger partial charge in [0, 0.05) is 24.8 Å². The molecule has 1 amide bonds. The number of rotatable bonds is 6. The molecule has 0 atom stereocenters. The molecule has 0 saturated carbocycles. The highest BCUT2D eigenvalue weighted by Crippen LogP contribution is 2.29. The van der Waals surface area contributed by atoms with Crippen molar-refractivity contribution < 1.29 is 14.3 Å². The van der Waals surface area contributed by atoms with E-state index in [1.165, 1.54) is 18.5 Å². The average Bonchev–Trinajstić information content (AvgIpc) is 3.17. The third-order valence-corrected chi connectivity index (χ3v) is 4.45. The van der Waals surface area contributed by atoms with Gasteiger partial charge in [-0.25, -0.2) is 0 Å². The van der Waals surface area contributed by atoms with Gasteiger partial charge < -0.3 is 19.7 Å². The van der Waals surface area contributed by atoms with Gasteiger partial charge in [-0.15, -0.1) is 0 Å². The van der Waals surface area contributed by atoms with Gasteiger partial charge in [0.1, 0.15) is 11.5 Å². The van der Waals surface area contributed by atoms with Crippen molar-refractivity contribution in [2.75, 3.05) is 37.5 Å². The summed E-state index contributed by atoms with van der Waals surface area (Å²) in [5.41, 5.74) is 2.83. The van der Waals surface area contributed by atoms with Crippen molar-refractivity contribution in [1.82, 2.24) is 0 Å². The molecule has 132 valence electrons. The number of nitrogens with one attached hydrogen (secondary N) is 1. The Morgan fingerprint density at radius 2 is 1.76 bits per heavy atom. The van der Waals surface area contributed by atoms with E-state index >= 15 is 0 Å². The molecule has 0 unspecified atom stereocenters. The Morgan fingerprint density at radius 1 is 1.04 bits per heavy atom. The topological polar surface area (TPSA) is 50.8 Å². The minimum Gasteiger partial charge on any atom is -0.497 e. The molecule has 5 heteroatoms. The van der Waals surface area contributed by atoms with E-state index in [-0.39, 0.29) is 5.91 Å². The SMILES string of the molecule is COc1ccc(OC)c(NC(=O)Cc2ccc(N3CCCC3)cc2)c1. The molecule has 2 aromatic rings. The molecule has 2 aromatic carbocycles. The predicted octanol–water partition coefficient (Wildman–Crippen LogP) is 3.49. The first-order chi connectivity index (χ1) is 12.2. The van der Waals surface area contributed by atoms with Crippen LogP contribution in [0.2, 0.25) is 0 Å². The molecule has 3 rings (SSSR count). The summed E-state index contributed by atoms with van der Waals surface area (Å²) in [7, 11) is 3.17. The highest BCUT2D eigenvalue weighted by atomic mass is 16.5. The summed E-state index contributed by atoms with van der Waals surface area (Å²) in [4.78, 5) is 14.8. The highest BCUT2D eigenvalue weighted by Gasteiger charge is 2.13. The summed E-state index contributed by atoms with van der Waals surface area (Å²) >= 11 is 0. The normalized spacial score (nSPS) is 13.6. The fourth-order valence-corrected chi connectivity index (χ4v) is 3.09. The molecule has 1 N–H and O–H groups in total. The van der Waals surface area contributed by atoms with Crippen molar-refractivity contribution in [3.8, 4) is 11.5 Å². The summed E-state index contributed by atoms with van der Waals surface area (Å²) < 4.78 is 10.5. The van der Waals surface area contributed by atoms with E-state index in [9.17, 15) is 4.79 Å². The number of hydrogen-bond acceptors (Lipinski definition) is 4. The Balaban J connectivity index is 1.64. The van der Waals surface area contributed by atoms with Gasteiger partial charge in [0.25, 0.3) is 0 Å². The van der Waals surface area contributed by atoms with Crippen molar-refractivity contribution in [3.63, 3.8) is 0 Å². The molecule has 1 aliphatic rings. The quantitative estimate of drug-likeness (QED) is 0.875. The lowest BCUT2D eigenvalue weighted by atomic mass is 10.1. The Morgan fingerprint density at radius 3 is 2.40 bits per heavy atom. The van der Waals surface area contributed by atoms with Gasteiger partial charge in [-0.05, 0) is 42.7 Å². The van der Waals surface area contributed by atoms with Gasteiger partial charge in [-0.1, -0.05) is 12.1 Å². The molecule has 0 spiro atoms. The van der Waals surface area contributed by atoms with E-state index in [1.807, 2.05) is 12.1 Å². The van der Waals surface area contributed by atoms with Gasteiger partial charge in [0.15, 0.2) is 0 Å². The van der Waals surface area contributed by atoms with Crippen molar-refractivity contribution >= 4 is 17.3 Å². The fourth-order valence-electron chi connectivity index (χ4n) is 3.09. The second kappa shape index (κ2) is 7.92. The smallest absolute Gasteiger partial charge is 0.228 e. The van der Waals surface area contributed by atoms with Crippen LogP contribution < -0.4 is 19.7 Å². The molecule has 5 nitrogen and oxygen atoms in total. The Hall–Kier alpha value is -2.69. The molecule has 0 bridgehead atoms. The standard InChI is InChI=1S/C20H24N2O3/c1-24-17-9-10-19(25-2)18(14-17)21-20(23)13-15-5-7-16(8-6-15)22-11-3-4-12-22/h5-10,14H,3-4,11-13H2,1-2H3,(H,21,23). The zero-order valence-electron chi connectivity index (χ0n) is 14.7. The average molecular weight is 340 g/mol. The van der Waals surface area contributed by atoms with Crippen molar-refractivity contribution in [3.05, 3.63) is 48.0 Å². The number of carbonyl (C=O) groups excluding carboxylic acids is 1. The first-order valence-corrected chi connectivity index (χ1v) is 8.55. The van der Waals surface area contributed by atoms with Crippen molar-refractivity contribution in [2.24, 2.45) is 0 Å². The lowest BCUT2D eigenvalue weighted by Gasteiger charge is -2.17. The number of benzene rings is 2. The first-order valence-electron chi connectivity index (χ1n) is 8.55. The van der Waals surface area contributed by atoms with Crippen LogP contribution >= 0.6 is 0 Å². The van der Waals surface area contributed by atoms with Gasteiger partial charge in [-0.3, -0.25) is 4.79 Å². The molecular weight excluding hydrogens is 316 g/mol. The van der Waals surface area contributed by atoms with E-state index in [1.54, 1.807) is 32.4 Å². The largest absolute Gasteiger partial charge is 0.497 e. The van der Waals surface area contributed by atoms with Crippen LogP contribution in [0.1, 0.15) is 18.4 Å². The van der Waals surface area contributed by atoms with Crippen LogP contribution in [-0.2, 0) is 11.2 Å². The number of anilines is 2. The highest BCUT2D eigenvalue weighted by molar-refractivity contribution is 5.94. The van der Waals surface area contributed by atoms with Crippen LogP contribution in [0.3, 0.4) is 0 Å². The van der Waals surface area contributed by atoms with Crippen LogP contribution in [0.4, 0.5) is 11.4 Å². The molecule has 1 aliphatic heterocycles. The summed E-state index contributed by atoms with van der Waals surface area (Å²) in [5, 5.41) is 2.90. The zero-order valence-corrected chi connectivity index (χ0v) is 14.7. The first kappa shape index (κ1) is 17.1. The number of nitrogens with zero attached hydrogens (tertiary/aromatic N) is 1. The maximum Gasteiger partial charge on any atom is 0.228 e. The van der Waals surface area contributed by atoms with Gasteiger partial charge in [0.2, 0.25) is 5.91 Å². The summed E-state index contributed by atoms with van der Waals surface area (Å²) in [6.45, 7) is 2.24. The number of carbonyl (C=O) groups is 1. The van der Waals surface area contributed by atoms with Crippen LogP contribution in [-0.4, -0.2) is 33.2 Å². The maximum absolute atomic E-state index is 12.4. The summed E-state index contributed by atoms with van der Waals surface area (Å²) in [5.74, 6) is 1.20. The Kier molecular flexibility index (Phi) is 5.43. The third kappa shape index (κ3) is 4.24. The molecule has 0 radical (unpaired) electrons. The second-order valence-electron chi connectivity index (χ2n) is 6.15. The van der Waals surface area contributed by atoms with Crippen molar-refractivity contribution in [1.29, 1.82) is 0 Å². The summed E-state index contributed by atoms with van der Waals surface area (Å²) in [6.07, 6.45) is 2.83. The predicted molar refractivity (Wildman–Crippen MR) is 99.8 cm³/mol.